The summed E-state index contributed by atoms with van der Waals surface area (Å²) in [5.74, 6) is 6.16. The lowest BCUT2D eigenvalue weighted by molar-refractivity contribution is 1.000. The molecule has 0 radical (unpaired) electrons. The zero-order valence-corrected chi connectivity index (χ0v) is 7.98. The maximum Gasteiger partial charge on any atom is 0.146 e. The summed E-state index contributed by atoms with van der Waals surface area (Å²) < 4.78 is 0. The lowest BCUT2D eigenvalue weighted by Gasteiger charge is -2.11. The van der Waals surface area contributed by atoms with Crippen molar-refractivity contribution in [2.24, 2.45) is 11.6 Å². The molecule has 1 aromatic rings. The van der Waals surface area contributed by atoms with Crippen molar-refractivity contribution < 1.29 is 0 Å². The van der Waals surface area contributed by atoms with Crippen molar-refractivity contribution in [1.29, 1.82) is 5.41 Å². The van der Waals surface area contributed by atoms with Crippen LogP contribution in [0, 0.1) is 5.41 Å². The first-order valence-corrected chi connectivity index (χ1v) is 3.94. The minimum atomic E-state index is 0.492. The fourth-order valence-electron chi connectivity index (χ4n) is 0.784. The first-order valence-electron chi connectivity index (χ1n) is 3.94. The fraction of sp³-hybridized carbons (Fsp3) is 0.111. The lowest BCUT2D eigenvalue weighted by Crippen LogP contribution is -2.24. The van der Waals surface area contributed by atoms with Crippen molar-refractivity contribution >= 4 is 12.5 Å². The molecule has 0 unspecified atom stereocenters. The Hall–Kier alpha value is -1.72. The minimum Gasteiger partial charge on any atom is -0.326 e. The summed E-state index contributed by atoms with van der Waals surface area (Å²) in [6, 6.07) is 3.68. The predicted molar refractivity (Wildman–Crippen MR) is 58.8 cm³/mol. The molecular formula is C9H15N5. The number of aromatic nitrogens is 1. The van der Waals surface area contributed by atoms with Crippen LogP contribution in [0.15, 0.2) is 31.1 Å². The number of anilines is 1. The van der Waals surface area contributed by atoms with E-state index in [1.54, 1.807) is 12.3 Å². The summed E-state index contributed by atoms with van der Waals surface area (Å²) in [7, 11) is 0. The zero-order valence-electron chi connectivity index (χ0n) is 7.98. The van der Waals surface area contributed by atoms with Crippen LogP contribution in [0.1, 0.15) is 5.56 Å². The molecule has 0 bridgehead atoms. The van der Waals surface area contributed by atoms with E-state index >= 15 is 0 Å². The molecule has 0 spiro atoms. The van der Waals surface area contributed by atoms with Gasteiger partial charge in [0.2, 0.25) is 0 Å². The van der Waals surface area contributed by atoms with Crippen LogP contribution in [0.5, 0.6) is 0 Å². The third kappa shape index (κ3) is 3.34. The van der Waals surface area contributed by atoms with E-state index in [4.69, 9.17) is 17.0 Å². The first kappa shape index (κ1) is 12.3. The van der Waals surface area contributed by atoms with Gasteiger partial charge in [0.25, 0.3) is 0 Å². The van der Waals surface area contributed by atoms with Crippen molar-refractivity contribution in [2.75, 3.05) is 5.01 Å². The van der Waals surface area contributed by atoms with Crippen LogP contribution in [0.25, 0.3) is 0 Å². The van der Waals surface area contributed by atoms with E-state index in [9.17, 15) is 0 Å². The monoisotopic (exact) mass is 193 g/mol. The second-order valence-corrected chi connectivity index (χ2v) is 2.32. The Balaban J connectivity index is 0.000000791. The summed E-state index contributed by atoms with van der Waals surface area (Å²) in [4.78, 5) is 4.07. The van der Waals surface area contributed by atoms with Crippen molar-refractivity contribution in [1.82, 2.24) is 4.98 Å². The Bertz CT molecular complexity index is 269. The van der Waals surface area contributed by atoms with E-state index in [0.29, 0.717) is 12.4 Å². The highest BCUT2D eigenvalue weighted by Crippen LogP contribution is 2.07. The summed E-state index contributed by atoms with van der Waals surface area (Å²) in [6.07, 6.45) is 3.18. The molecule has 5 heteroatoms. The largest absolute Gasteiger partial charge is 0.326 e. The van der Waals surface area contributed by atoms with Gasteiger partial charge in [-0.2, -0.15) is 0 Å². The quantitative estimate of drug-likeness (QED) is 0.373. The van der Waals surface area contributed by atoms with Crippen molar-refractivity contribution in [3.63, 3.8) is 0 Å². The van der Waals surface area contributed by atoms with Gasteiger partial charge in [-0.25, -0.2) is 10.8 Å². The molecule has 1 aromatic heterocycles. The highest BCUT2D eigenvalue weighted by molar-refractivity contribution is 5.39. The molecule has 76 valence electrons. The molecule has 0 amide bonds. The van der Waals surface area contributed by atoms with Crippen molar-refractivity contribution in [2.45, 2.75) is 6.54 Å². The van der Waals surface area contributed by atoms with Crippen molar-refractivity contribution in [3.8, 4) is 0 Å². The SMILES string of the molecule is C=CN(N)c1ccc(CN)cn1.C=N. The molecule has 0 fully saturated rings. The number of hydrazine groups is 1. The van der Waals surface area contributed by atoms with Crippen molar-refractivity contribution in [3.05, 3.63) is 36.7 Å². The van der Waals surface area contributed by atoms with Gasteiger partial charge in [0.15, 0.2) is 0 Å². The van der Waals surface area contributed by atoms with E-state index < -0.39 is 0 Å². The standard InChI is InChI=1S/C8H12N4.CH3N/c1-2-12(10)8-4-3-7(5-9)6-11-8;1-2/h2-4,6H,1,5,9-10H2;2H,1H2. The Morgan fingerprint density at radius 2 is 2.14 bits per heavy atom. The van der Waals surface area contributed by atoms with Crippen LogP contribution in [0.2, 0.25) is 0 Å². The molecule has 0 saturated heterocycles. The van der Waals surface area contributed by atoms with Gasteiger partial charge in [0.05, 0.1) is 0 Å². The van der Waals surface area contributed by atoms with Crippen LogP contribution < -0.4 is 16.6 Å². The number of hydrogen-bond acceptors (Lipinski definition) is 5. The Kier molecular flexibility index (Phi) is 5.93. The molecule has 0 aliphatic rings. The van der Waals surface area contributed by atoms with Gasteiger partial charge < -0.3 is 11.1 Å². The average Bonchev–Trinajstić information content (AvgIpc) is 2.31. The Labute approximate surface area is 83.5 Å². The predicted octanol–water partition coefficient (Wildman–Crippen LogP) is 0.630. The van der Waals surface area contributed by atoms with E-state index in [1.807, 2.05) is 6.07 Å². The molecule has 0 aliphatic heterocycles. The highest BCUT2D eigenvalue weighted by Gasteiger charge is 1.97. The Morgan fingerprint density at radius 3 is 2.50 bits per heavy atom. The number of nitrogens with two attached hydrogens (primary N) is 2. The topological polar surface area (TPSA) is 92.0 Å². The highest BCUT2D eigenvalue weighted by atomic mass is 15.4. The van der Waals surface area contributed by atoms with E-state index in [2.05, 4.69) is 18.3 Å². The zero-order chi connectivity index (χ0) is 11.0. The molecule has 0 atom stereocenters. The number of rotatable bonds is 3. The summed E-state index contributed by atoms with van der Waals surface area (Å²) in [6.45, 7) is 6.51. The Morgan fingerprint density at radius 1 is 1.50 bits per heavy atom. The van der Waals surface area contributed by atoms with E-state index in [-0.39, 0.29) is 0 Å². The molecule has 1 rings (SSSR count). The number of nitrogens with zero attached hydrogens (tertiary/aromatic N) is 2. The summed E-state index contributed by atoms with van der Waals surface area (Å²) in [5.41, 5.74) is 6.39. The maximum absolute atomic E-state index is 5.51. The van der Waals surface area contributed by atoms with Crippen LogP contribution >= 0.6 is 0 Å². The van der Waals surface area contributed by atoms with Gasteiger partial charge in [0.1, 0.15) is 5.82 Å². The third-order valence-electron chi connectivity index (χ3n) is 1.51. The van der Waals surface area contributed by atoms with Gasteiger partial charge in [-0.15, -0.1) is 0 Å². The molecule has 0 aromatic carbocycles. The smallest absolute Gasteiger partial charge is 0.146 e. The molecular weight excluding hydrogens is 178 g/mol. The maximum atomic E-state index is 5.51. The first-order chi connectivity index (χ1) is 6.77. The lowest BCUT2D eigenvalue weighted by atomic mass is 10.3. The second kappa shape index (κ2) is 6.76. The number of pyridine rings is 1. The summed E-state index contributed by atoms with van der Waals surface area (Å²) in [5, 5.41) is 6.85. The summed E-state index contributed by atoms with van der Waals surface area (Å²) >= 11 is 0. The average molecular weight is 193 g/mol. The van der Waals surface area contributed by atoms with E-state index in [0.717, 1.165) is 5.56 Å². The normalized spacial score (nSPS) is 8.43. The van der Waals surface area contributed by atoms with Crippen LogP contribution in [-0.4, -0.2) is 11.7 Å². The molecule has 5 N–H and O–H groups in total. The van der Waals surface area contributed by atoms with Crippen LogP contribution in [0.4, 0.5) is 5.82 Å². The molecule has 0 aliphatic carbocycles. The minimum absolute atomic E-state index is 0.492. The van der Waals surface area contributed by atoms with Crippen LogP contribution in [0.3, 0.4) is 0 Å². The third-order valence-corrected chi connectivity index (χ3v) is 1.51. The number of nitrogens with one attached hydrogen (secondary N) is 1. The molecule has 1 heterocycles. The van der Waals surface area contributed by atoms with Gasteiger partial charge in [-0.05, 0) is 18.3 Å². The number of hydrogen-bond donors (Lipinski definition) is 3. The molecule has 14 heavy (non-hydrogen) atoms. The van der Waals surface area contributed by atoms with Gasteiger partial charge in [-0.3, -0.25) is 5.01 Å². The van der Waals surface area contributed by atoms with Crippen LogP contribution in [-0.2, 0) is 6.54 Å². The fourth-order valence-corrected chi connectivity index (χ4v) is 0.784. The van der Waals surface area contributed by atoms with Gasteiger partial charge in [0, 0.05) is 18.9 Å². The molecule has 0 saturated carbocycles. The van der Waals surface area contributed by atoms with E-state index in [1.165, 1.54) is 11.2 Å². The second-order valence-electron chi connectivity index (χ2n) is 2.32. The van der Waals surface area contributed by atoms with Gasteiger partial charge in [-0.1, -0.05) is 12.6 Å². The van der Waals surface area contributed by atoms with Gasteiger partial charge >= 0.3 is 0 Å². The molecule has 5 nitrogen and oxygen atoms in total.